The summed E-state index contributed by atoms with van der Waals surface area (Å²) in [5.41, 5.74) is 22.3. The average Bonchev–Trinajstić information content (AvgIpc) is 1.42. The molecule has 18 rings (SSSR count). The fraction of sp³-hybridized carbons (Fsp3) is 0.0444. The summed E-state index contributed by atoms with van der Waals surface area (Å²) in [7, 11) is 0. The summed E-state index contributed by atoms with van der Waals surface area (Å²) in [5, 5.41) is 12.8. The first-order chi connectivity index (χ1) is 46.7. The van der Waals surface area contributed by atoms with Gasteiger partial charge in [-0.2, -0.15) is 0 Å². The molecule has 0 fully saturated rings. The van der Waals surface area contributed by atoms with E-state index in [4.69, 9.17) is 0 Å². The van der Waals surface area contributed by atoms with Gasteiger partial charge in [-0.3, -0.25) is 0 Å². The Morgan fingerprint density at radius 3 is 0.851 bits per heavy atom. The number of hydrogen-bond acceptors (Lipinski definition) is 4. The Balaban J connectivity index is 0.000000144. The minimum absolute atomic E-state index is 1.07. The molecule has 0 aromatic heterocycles. The van der Waals surface area contributed by atoms with Crippen molar-refractivity contribution in [1.82, 2.24) is 0 Å². The molecular weight excluding hydrogens is 1140 g/mol. The van der Waals surface area contributed by atoms with Crippen LogP contribution in [0.5, 0.6) is 0 Å². The minimum atomic E-state index is 1.07. The summed E-state index contributed by atoms with van der Waals surface area (Å²) < 4.78 is 0. The van der Waals surface area contributed by atoms with Crippen molar-refractivity contribution < 1.29 is 0 Å². The van der Waals surface area contributed by atoms with Crippen LogP contribution in [0.15, 0.2) is 352 Å². The van der Waals surface area contributed by atoms with Crippen LogP contribution in [0, 0.1) is 0 Å². The molecule has 0 spiro atoms. The maximum absolute atomic E-state index is 2.43. The van der Waals surface area contributed by atoms with Crippen LogP contribution in [-0.4, -0.2) is 0 Å². The van der Waals surface area contributed by atoms with Crippen molar-refractivity contribution in [2.75, 3.05) is 19.6 Å². The number of nitrogens with zero attached hydrogens (tertiary/aromatic N) is 4. The maximum Gasteiger partial charge on any atom is 0.0541 e. The summed E-state index contributed by atoms with van der Waals surface area (Å²) in [6, 6.07) is 128. The Labute approximate surface area is 549 Å². The smallest absolute Gasteiger partial charge is 0.0541 e. The van der Waals surface area contributed by atoms with Crippen molar-refractivity contribution in [3.8, 4) is 11.1 Å². The summed E-state index contributed by atoms with van der Waals surface area (Å²) >= 11 is 0. The molecule has 0 heterocycles. The van der Waals surface area contributed by atoms with E-state index in [1.807, 2.05) is 0 Å². The van der Waals surface area contributed by atoms with Gasteiger partial charge in [0, 0.05) is 67.0 Å². The lowest BCUT2D eigenvalue weighted by Gasteiger charge is -2.30. The highest BCUT2D eigenvalue weighted by Gasteiger charge is 2.26. The predicted molar refractivity (Wildman–Crippen MR) is 399 cm³/mol. The lowest BCUT2D eigenvalue weighted by atomic mass is 10.0. The first-order valence-electron chi connectivity index (χ1n) is 32.8. The highest BCUT2D eigenvalue weighted by molar-refractivity contribution is 6.11. The van der Waals surface area contributed by atoms with Crippen LogP contribution in [0.25, 0.3) is 65.0 Å². The number of para-hydroxylation sites is 4. The third-order valence-corrected chi connectivity index (χ3v) is 19.2. The fourth-order valence-electron chi connectivity index (χ4n) is 15.0. The van der Waals surface area contributed by atoms with Crippen LogP contribution in [0.2, 0.25) is 0 Å². The number of benzene rings is 16. The molecule has 0 bridgehead atoms. The van der Waals surface area contributed by atoms with Crippen molar-refractivity contribution >= 4 is 122 Å². The third kappa shape index (κ3) is 10.1. The van der Waals surface area contributed by atoms with E-state index in [9.17, 15) is 0 Å². The lowest BCUT2D eigenvalue weighted by molar-refractivity contribution is 1.02. The Morgan fingerprint density at radius 2 is 0.457 bits per heavy atom. The number of aryl methyl sites for hydroxylation is 4. The van der Waals surface area contributed by atoms with Crippen LogP contribution in [0.3, 0.4) is 0 Å². The van der Waals surface area contributed by atoms with Crippen LogP contribution >= 0.6 is 0 Å². The van der Waals surface area contributed by atoms with Crippen molar-refractivity contribution in [2.24, 2.45) is 0 Å². The first kappa shape index (κ1) is 56.0. The molecule has 16 aromatic rings. The maximum atomic E-state index is 2.43. The number of hydrogen-bond donors (Lipinski definition) is 0. The van der Waals surface area contributed by atoms with Crippen LogP contribution in [0.4, 0.5) is 68.2 Å². The van der Waals surface area contributed by atoms with E-state index >= 15 is 0 Å². The van der Waals surface area contributed by atoms with Gasteiger partial charge in [-0.25, -0.2) is 0 Å². The first-order valence-corrected chi connectivity index (χ1v) is 32.8. The van der Waals surface area contributed by atoms with Gasteiger partial charge in [0.05, 0.1) is 22.7 Å². The molecule has 0 saturated heterocycles. The highest BCUT2D eigenvalue weighted by Crippen LogP contribution is 2.49. The topological polar surface area (TPSA) is 13.0 Å². The van der Waals surface area contributed by atoms with Gasteiger partial charge in [0.15, 0.2) is 0 Å². The van der Waals surface area contributed by atoms with Gasteiger partial charge in [0.1, 0.15) is 0 Å². The Kier molecular flexibility index (Phi) is 14.5. The Morgan fingerprint density at radius 1 is 0.170 bits per heavy atom. The van der Waals surface area contributed by atoms with E-state index in [0.717, 1.165) is 59.8 Å². The summed E-state index contributed by atoms with van der Waals surface area (Å²) in [4.78, 5) is 9.67. The standard InChI is InChI=1S/C48H36N2.C42H30N2/c1-3-13-39(14-4-1)49(45-31-23-37-11-7-9-35-21-29-43(45)47(35)37)41-25-17-33(18-26-41)34-19-27-42(28-20-34)50(40-15-5-2-6-16-40)46-32-24-38-12-8-10-36-22-30-44(46)48(36)38;1-3-19-33(20-4-1)43(39-27-11-17-31-15-7-9-23-35(31)39)41-29-13-26-38-37(41)25-14-30-42(38)44(34-21-5-2-6-22-34)40-28-12-18-32-16-8-10-24-36(32)40/h1-20,23-28,31-32H,21-22,29-30H2;1-30H. The molecule has 0 N–H and O–H groups in total. The zero-order valence-electron chi connectivity index (χ0n) is 52.1. The monoisotopic (exact) mass is 1200 g/mol. The van der Waals surface area contributed by atoms with Gasteiger partial charge in [-0.1, -0.05) is 243 Å². The Hall–Kier alpha value is -12.0. The van der Waals surface area contributed by atoms with E-state index < -0.39 is 0 Å². The molecule has 0 aliphatic heterocycles. The normalized spacial score (nSPS) is 12.1. The van der Waals surface area contributed by atoms with Crippen molar-refractivity contribution in [3.63, 3.8) is 0 Å². The molecule has 0 unspecified atom stereocenters. The zero-order valence-corrected chi connectivity index (χ0v) is 52.1. The second kappa shape index (κ2) is 24.3. The second-order valence-corrected chi connectivity index (χ2v) is 24.6. The Bertz CT molecular complexity index is 5090. The van der Waals surface area contributed by atoms with E-state index in [2.05, 4.69) is 371 Å². The molecule has 4 nitrogen and oxygen atoms in total. The molecule has 0 atom stereocenters. The van der Waals surface area contributed by atoms with Gasteiger partial charge < -0.3 is 19.6 Å². The summed E-state index contributed by atoms with van der Waals surface area (Å²) in [5.74, 6) is 0. The molecule has 2 aliphatic rings. The van der Waals surface area contributed by atoms with Crippen LogP contribution < -0.4 is 19.6 Å². The predicted octanol–water partition coefficient (Wildman–Crippen LogP) is 24.9. The zero-order chi connectivity index (χ0) is 62.3. The molecule has 2 aliphatic carbocycles. The molecule has 16 aromatic carbocycles. The van der Waals surface area contributed by atoms with Crippen molar-refractivity contribution in [2.45, 2.75) is 25.7 Å². The van der Waals surface area contributed by atoms with E-state index in [1.165, 1.54) is 121 Å². The molecule has 446 valence electrons. The number of anilines is 12. The largest absolute Gasteiger partial charge is 0.310 e. The van der Waals surface area contributed by atoms with Crippen molar-refractivity contribution in [1.29, 1.82) is 0 Å². The van der Waals surface area contributed by atoms with Gasteiger partial charge in [-0.05, 0) is 201 Å². The summed E-state index contributed by atoms with van der Waals surface area (Å²) in [6.07, 6.45) is 4.35. The van der Waals surface area contributed by atoms with Crippen LogP contribution in [0.1, 0.15) is 22.3 Å². The van der Waals surface area contributed by atoms with Gasteiger partial charge in [0.25, 0.3) is 0 Å². The molecule has 4 heteroatoms. The third-order valence-electron chi connectivity index (χ3n) is 19.2. The number of rotatable bonds is 13. The molecule has 0 saturated carbocycles. The molecule has 0 radical (unpaired) electrons. The van der Waals surface area contributed by atoms with Crippen molar-refractivity contribution in [3.05, 3.63) is 374 Å². The van der Waals surface area contributed by atoms with E-state index in [0.29, 0.717) is 0 Å². The molecular formula is C90H66N4. The highest BCUT2D eigenvalue weighted by atomic mass is 15.2. The molecule has 94 heavy (non-hydrogen) atoms. The lowest BCUT2D eigenvalue weighted by Crippen LogP contribution is -2.13. The second-order valence-electron chi connectivity index (χ2n) is 24.6. The SMILES string of the molecule is c1ccc(N(c2ccc(-c3ccc(N(c4ccccc4)c4ccc5cccc6c5c4CC6)cc3)cc2)c2ccc3cccc4c3c2CC4)cc1.c1ccc(N(c2cccc3ccccc23)c2cccc3c(N(c4ccccc4)c4cccc5ccccc45)cccc23)cc1. The number of fused-ring (bicyclic) bond motifs is 3. The minimum Gasteiger partial charge on any atom is -0.310 e. The fourth-order valence-corrected chi connectivity index (χ4v) is 15.0. The van der Waals surface area contributed by atoms with E-state index in [-0.39, 0.29) is 0 Å². The van der Waals surface area contributed by atoms with E-state index in [1.54, 1.807) is 0 Å². The van der Waals surface area contributed by atoms with Crippen LogP contribution in [-0.2, 0) is 25.7 Å². The van der Waals surface area contributed by atoms with Gasteiger partial charge in [-0.15, -0.1) is 0 Å². The quantitative estimate of drug-likeness (QED) is 0.114. The van der Waals surface area contributed by atoms with Gasteiger partial charge >= 0.3 is 0 Å². The molecule has 0 amide bonds. The average molecular weight is 1200 g/mol. The van der Waals surface area contributed by atoms with Gasteiger partial charge in [0.2, 0.25) is 0 Å². The summed E-state index contributed by atoms with van der Waals surface area (Å²) in [6.45, 7) is 0.